The molecule has 0 radical (unpaired) electrons. The van der Waals surface area contributed by atoms with E-state index >= 15 is 0 Å². The van der Waals surface area contributed by atoms with Crippen LogP contribution in [0.5, 0.6) is 0 Å². The van der Waals surface area contributed by atoms with Gasteiger partial charge in [0.15, 0.2) is 0 Å². The van der Waals surface area contributed by atoms with Gasteiger partial charge in [0.25, 0.3) is 0 Å². The largest absolute Gasteiger partial charge is 0.460 e. The molecule has 6 nitrogen and oxygen atoms in total. The Bertz CT molecular complexity index is 556. The van der Waals surface area contributed by atoms with Gasteiger partial charge in [-0.15, -0.1) is 0 Å². The number of rotatable bonds is 5. The molecule has 24 heavy (non-hydrogen) atoms. The Morgan fingerprint density at radius 3 is 2.42 bits per heavy atom. The van der Waals surface area contributed by atoms with Crippen LogP contribution in [-0.4, -0.2) is 53.7 Å². The van der Waals surface area contributed by atoms with Crippen LogP contribution in [0, 0.1) is 11.8 Å². The van der Waals surface area contributed by atoms with Gasteiger partial charge in [0, 0.05) is 12.4 Å². The number of carbonyl (C=O) groups excluding carboxylic acids is 1. The highest BCUT2D eigenvalue weighted by Crippen LogP contribution is 2.41. The number of hydrogen-bond acceptors (Lipinski definition) is 6. The van der Waals surface area contributed by atoms with Gasteiger partial charge in [0.2, 0.25) is 0 Å². The molecule has 0 aliphatic carbocycles. The summed E-state index contributed by atoms with van der Waals surface area (Å²) in [6, 6.07) is 3.43. The van der Waals surface area contributed by atoms with Gasteiger partial charge in [0.1, 0.15) is 24.6 Å². The fourth-order valence-corrected chi connectivity index (χ4v) is 3.47. The summed E-state index contributed by atoms with van der Waals surface area (Å²) in [6.07, 6.45) is 3.11. The molecule has 2 atom stereocenters. The standard InChI is InChI=1S/C18H26N2O4/c1-12(2)15-20-16(13(3)4)23-10-18(20,9-22-15)11-24-17(21)14-6-5-7-19-8-14/h5-8,12-13,15-16H,9-11H2,1-4H3/t15-,16-/m1/s1. The van der Waals surface area contributed by atoms with Crippen molar-refractivity contribution in [3.05, 3.63) is 30.1 Å². The molecule has 0 spiro atoms. The quantitative estimate of drug-likeness (QED) is 0.770. The lowest BCUT2D eigenvalue weighted by atomic mass is 9.99. The fraction of sp³-hybridized carbons (Fsp3) is 0.667. The minimum absolute atomic E-state index is 0.0167. The third-order valence-corrected chi connectivity index (χ3v) is 4.65. The van der Waals surface area contributed by atoms with Crippen molar-refractivity contribution in [2.75, 3.05) is 19.8 Å². The van der Waals surface area contributed by atoms with Gasteiger partial charge in [-0.25, -0.2) is 9.69 Å². The first-order valence-electron chi connectivity index (χ1n) is 8.53. The molecule has 0 bridgehead atoms. The molecule has 132 valence electrons. The van der Waals surface area contributed by atoms with E-state index in [1.807, 2.05) is 0 Å². The topological polar surface area (TPSA) is 60.9 Å². The highest BCUT2D eigenvalue weighted by molar-refractivity contribution is 5.88. The van der Waals surface area contributed by atoms with Crippen LogP contribution >= 0.6 is 0 Å². The van der Waals surface area contributed by atoms with Crippen molar-refractivity contribution in [2.45, 2.75) is 45.7 Å². The van der Waals surface area contributed by atoms with Gasteiger partial charge >= 0.3 is 5.97 Å². The normalized spacial score (nSPS) is 26.1. The van der Waals surface area contributed by atoms with Gasteiger partial charge < -0.3 is 14.2 Å². The van der Waals surface area contributed by atoms with Crippen LogP contribution in [0.4, 0.5) is 0 Å². The van der Waals surface area contributed by atoms with Crippen molar-refractivity contribution < 1.29 is 19.0 Å². The summed E-state index contributed by atoms with van der Waals surface area (Å²) in [4.78, 5) is 18.5. The average molecular weight is 334 g/mol. The van der Waals surface area contributed by atoms with Crippen molar-refractivity contribution in [3.63, 3.8) is 0 Å². The predicted octanol–water partition coefficient (Wildman–Crippen LogP) is 2.30. The lowest BCUT2D eigenvalue weighted by Gasteiger charge is -2.36. The summed E-state index contributed by atoms with van der Waals surface area (Å²) in [7, 11) is 0. The molecular formula is C18H26N2O4. The highest BCUT2D eigenvalue weighted by Gasteiger charge is 2.57. The fourth-order valence-electron chi connectivity index (χ4n) is 3.47. The summed E-state index contributed by atoms with van der Waals surface area (Å²) in [5.74, 6) is 0.311. The van der Waals surface area contributed by atoms with Crippen molar-refractivity contribution in [1.82, 2.24) is 9.88 Å². The Balaban J connectivity index is 1.74. The van der Waals surface area contributed by atoms with Crippen molar-refractivity contribution in [2.24, 2.45) is 11.8 Å². The van der Waals surface area contributed by atoms with Crippen LogP contribution in [0.3, 0.4) is 0 Å². The van der Waals surface area contributed by atoms with Crippen molar-refractivity contribution >= 4 is 5.97 Å². The Morgan fingerprint density at radius 1 is 1.29 bits per heavy atom. The minimum Gasteiger partial charge on any atom is -0.460 e. The molecular weight excluding hydrogens is 308 g/mol. The van der Waals surface area contributed by atoms with Crippen LogP contribution in [0.1, 0.15) is 38.1 Å². The molecule has 2 aliphatic heterocycles. The van der Waals surface area contributed by atoms with Gasteiger partial charge in [-0.05, 0) is 24.0 Å². The first-order chi connectivity index (χ1) is 11.4. The number of nitrogens with zero attached hydrogens (tertiary/aromatic N) is 2. The summed E-state index contributed by atoms with van der Waals surface area (Å²) >= 11 is 0. The van der Waals surface area contributed by atoms with E-state index in [1.165, 1.54) is 6.20 Å². The second-order valence-electron chi connectivity index (χ2n) is 7.34. The second-order valence-corrected chi connectivity index (χ2v) is 7.34. The first kappa shape index (κ1) is 17.3. The van der Waals surface area contributed by atoms with E-state index in [0.717, 1.165) is 0 Å². The van der Waals surface area contributed by atoms with Crippen molar-refractivity contribution in [3.8, 4) is 0 Å². The molecule has 0 unspecified atom stereocenters. The summed E-state index contributed by atoms with van der Waals surface area (Å²) in [5.41, 5.74) is 0.0565. The molecule has 2 aliphatic rings. The second kappa shape index (κ2) is 6.78. The Labute approximate surface area is 143 Å². The van der Waals surface area contributed by atoms with Crippen LogP contribution < -0.4 is 0 Å². The molecule has 2 fully saturated rings. The van der Waals surface area contributed by atoms with E-state index in [-0.39, 0.29) is 25.0 Å². The van der Waals surface area contributed by atoms with Crippen LogP contribution in [0.25, 0.3) is 0 Å². The predicted molar refractivity (Wildman–Crippen MR) is 88.2 cm³/mol. The number of esters is 1. The van der Waals surface area contributed by atoms with Gasteiger partial charge in [-0.3, -0.25) is 4.98 Å². The summed E-state index contributed by atoms with van der Waals surface area (Å²) in [5, 5.41) is 0. The molecule has 0 saturated carbocycles. The molecule has 2 saturated heterocycles. The molecule has 6 heteroatoms. The van der Waals surface area contributed by atoms with E-state index in [1.54, 1.807) is 18.3 Å². The van der Waals surface area contributed by atoms with E-state index in [9.17, 15) is 4.79 Å². The smallest absolute Gasteiger partial charge is 0.339 e. The van der Waals surface area contributed by atoms with Crippen LogP contribution in [0.2, 0.25) is 0 Å². The maximum absolute atomic E-state index is 12.3. The SMILES string of the molecule is CC(C)[C@H]1OCC2(COC(=O)c3cccnc3)CO[C@H](C(C)C)N12. The van der Waals surface area contributed by atoms with Gasteiger partial charge in [0.05, 0.1) is 18.8 Å². The lowest BCUT2D eigenvalue weighted by molar-refractivity contribution is -0.0961. The molecule has 0 aromatic carbocycles. The Kier molecular flexibility index (Phi) is 4.90. The van der Waals surface area contributed by atoms with Gasteiger partial charge in [-0.1, -0.05) is 27.7 Å². The number of carbonyl (C=O) groups is 1. The van der Waals surface area contributed by atoms with Crippen molar-refractivity contribution in [1.29, 1.82) is 0 Å². The van der Waals surface area contributed by atoms with E-state index in [2.05, 4.69) is 37.6 Å². The summed E-state index contributed by atoms with van der Waals surface area (Å²) in [6.45, 7) is 9.83. The highest BCUT2D eigenvalue weighted by atomic mass is 16.6. The first-order valence-corrected chi connectivity index (χ1v) is 8.53. The molecule has 1 aromatic heterocycles. The molecule has 0 amide bonds. The zero-order valence-corrected chi connectivity index (χ0v) is 14.8. The van der Waals surface area contributed by atoms with Crippen LogP contribution in [0.15, 0.2) is 24.5 Å². The monoisotopic (exact) mass is 334 g/mol. The van der Waals surface area contributed by atoms with E-state index < -0.39 is 5.54 Å². The maximum Gasteiger partial charge on any atom is 0.339 e. The van der Waals surface area contributed by atoms with E-state index in [0.29, 0.717) is 30.6 Å². The van der Waals surface area contributed by atoms with Gasteiger partial charge in [-0.2, -0.15) is 0 Å². The molecule has 0 N–H and O–H groups in total. The Morgan fingerprint density at radius 2 is 1.92 bits per heavy atom. The number of ether oxygens (including phenoxy) is 3. The third kappa shape index (κ3) is 3.06. The van der Waals surface area contributed by atoms with E-state index in [4.69, 9.17) is 14.2 Å². The zero-order valence-electron chi connectivity index (χ0n) is 14.8. The molecule has 3 rings (SSSR count). The lowest BCUT2D eigenvalue weighted by Crippen LogP contribution is -2.54. The minimum atomic E-state index is -0.401. The number of pyridine rings is 1. The Hall–Kier alpha value is -1.50. The summed E-state index contributed by atoms with van der Waals surface area (Å²) < 4.78 is 17.7. The number of hydrogen-bond donors (Lipinski definition) is 0. The van der Waals surface area contributed by atoms with Crippen LogP contribution in [-0.2, 0) is 14.2 Å². The average Bonchev–Trinajstić information content (AvgIpc) is 3.10. The molecule has 1 aromatic rings. The molecule has 3 heterocycles. The number of aromatic nitrogens is 1. The maximum atomic E-state index is 12.3. The number of fused-ring (bicyclic) bond motifs is 1. The third-order valence-electron chi connectivity index (χ3n) is 4.65. The zero-order chi connectivity index (χ0) is 17.3.